The molecular weight excluding hydrogens is 136 g/mol. The molecule has 0 aliphatic carbocycles. The van der Waals surface area contributed by atoms with Crippen LogP contribution in [0.5, 0.6) is 0 Å². The van der Waals surface area contributed by atoms with E-state index in [0.29, 0.717) is 0 Å². The predicted octanol–water partition coefficient (Wildman–Crippen LogP) is -0.329. The quantitative estimate of drug-likeness (QED) is 0.503. The second-order valence-corrected chi connectivity index (χ2v) is 1.74. The van der Waals surface area contributed by atoms with Gasteiger partial charge in [-0.3, -0.25) is 10.1 Å². The Kier molecular flexibility index (Phi) is 1.66. The van der Waals surface area contributed by atoms with Crippen molar-refractivity contribution in [1.29, 1.82) is 0 Å². The minimum Gasteiger partial charge on any atom is -0.484 e. The summed E-state index contributed by atoms with van der Waals surface area (Å²) in [7, 11) is 1.37. The summed E-state index contributed by atoms with van der Waals surface area (Å²) in [4.78, 5) is 24.4. The fraction of sp³-hybridized carbons (Fsp3) is 0.400. The van der Waals surface area contributed by atoms with Gasteiger partial charge in [-0.05, 0) is 0 Å². The van der Waals surface area contributed by atoms with Crippen LogP contribution in [-0.4, -0.2) is 24.9 Å². The fourth-order valence-corrected chi connectivity index (χ4v) is 0.599. The topological polar surface area (TPSA) is 67.8 Å². The molecule has 0 aromatic carbocycles. The van der Waals surface area contributed by atoms with Gasteiger partial charge in [0.15, 0.2) is 0 Å². The van der Waals surface area contributed by atoms with Crippen molar-refractivity contribution in [2.24, 2.45) is 4.99 Å². The molecule has 0 fully saturated rings. The van der Waals surface area contributed by atoms with Crippen LogP contribution in [0.4, 0.5) is 4.79 Å². The van der Waals surface area contributed by atoms with Crippen LogP contribution in [0, 0.1) is 0 Å². The Morgan fingerprint density at radius 1 is 1.60 bits per heavy atom. The summed E-state index contributed by atoms with van der Waals surface area (Å²) < 4.78 is 4.60. The van der Waals surface area contributed by atoms with Gasteiger partial charge in [-0.1, -0.05) is 0 Å². The Hall–Kier alpha value is -1.39. The van der Waals surface area contributed by atoms with Crippen LogP contribution < -0.4 is 5.32 Å². The van der Waals surface area contributed by atoms with Crippen molar-refractivity contribution in [2.75, 3.05) is 7.11 Å². The predicted molar refractivity (Wildman–Crippen MR) is 32.6 cm³/mol. The lowest BCUT2D eigenvalue weighted by molar-refractivity contribution is -0.119. The van der Waals surface area contributed by atoms with Crippen molar-refractivity contribution >= 4 is 17.8 Å². The van der Waals surface area contributed by atoms with E-state index in [1.807, 2.05) is 5.32 Å². The van der Waals surface area contributed by atoms with Crippen molar-refractivity contribution in [3.05, 3.63) is 0 Å². The molecule has 1 N–H and O–H groups in total. The maximum absolute atomic E-state index is 10.6. The summed E-state index contributed by atoms with van der Waals surface area (Å²) in [6.07, 6.45) is 0.0439. The lowest BCUT2D eigenvalue weighted by atomic mass is 10.4. The van der Waals surface area contributed by atoms with Crippen LogP contribution in [0.2, 0.25) is 0 Å². The van der Waals surface area contributed by atoms with E-state index in [1.54, 1.807) is 0 Å². The van der Waals surface area contributed by atoms with Gasteiger partial charge >= 0.3 is 6.03 Å². The molecule has 0 saturated carbocycles. The molecule has 0 aromatic rings. The van der Waals surface area contributed by atoms with E-state index in [-0.39, 0.29) is 18.2 Å². The summed E-state index contributed by atoms with van der Waals surface area (Å²) in [5, 5.41) is 2.00. The number of carbonyl (C=O) groups is 2. The summed E-state index contributed by atoms with van der Waals surface area (Å²) in [6.45, 7) is 0. The molecule has 3 amide bonds. The number of imide groups is 1. The average molecular weight is 142 g/mol. The standard InChI is InChI=1S/C5H6N2O3/c1-10-4-2-3(8)6-5(9)7-4/h2H2,1H3,(H,6,8,9). The van der Waals surface area contributed by atoms with Crippen LogP contribution in [0.25, 0.3) is 0 Å². The molecule has 0 bridgehead atoms. The third-order valence-electron chi connectivity index (χ3n) is 1.02. The highest BCUT2D eigenvalue weighted by Gasteiger charge is 2.17. The second kappa shape index (κ2) is 2.47. The van der Waals surface area contributed by atoms with Gasteiger partial charge in [-0.2, -0.15) is 4.99 Å². The van der Waals surface area contributed by atoms with E-state index in [2.05, 4.69) is 9.73 Å². The molecule has 1 aliphatic heterocycles. The number of aliphatic imine (C=N–C) groups is 1. The summed E-state index contributed by atoms with van der Waals surface area (Å²) in [5.41, 5.74) is 0. The number of urea groups is 1. The largest absolute Gasteiger partial charge is 0.484 e. The Morgan fingerprint density at radius 2 is 2.30 bits per heavy atom. The van der Waals surface area contributed by atoms with E-state index in [0.717, 1.165) is 0 Å². The number of methoxy groups -OCH3 is 1. The molecule has 1 rings (SSSR count). The van der Waals surface area contributed by atoms with Crippen molar-refractivity contribution in [3.63, 3.8) is 0 Å². The highest BCUT2D eigenvalue weighted by molar-refractivity contribution is 6.11. The number of nitrogens with one attached hydrogen (secondary N) is 1. The number of hydrogen-bond acceptors (Lipinski definition) is 3. The van der Waals surface area contributed by atoms with Gasteiger partial charge in [-0.25, -0.2) is 4.79 Å². The van der Waals surface area contributed by atoms with Crippen molar-refractivity contribution in [2.45, 2.75) is 6.42 Å². The van der Waals surface area contributed by atoms with Gasteiger partial charge in [-0.15, -0.1) is 0 Å². The zero-order valence-corrected chi connectivity index (χ0v) is 5.38. The highest BCUT2D eigenvalue weighted by atomic mass is 16.5. The zero-order chi connectivity index (χ0) is 7.56. The molecule has 0 radical (unpaired) electrons. The van der Waals surface area contributed by atoms with Gasteiger partial charge in [0.2, 0.25) is 11.8 Å². The molecule has 1 aliphatic rings. The van der Waals surface area contributed by atoms with Crippen LogP contribution >= 0.6 is 0 Å². The Labute approximate surface area is 57.1 Å². The fourth-order valence-electron chi connectivity index (χ4n) is 0.599. The SMILES string of the molecule is COC1=NC(=O)NC(=O)C1. The monoisotopic (exact) mass is 142 g/mol. The van der Waals surface area contributed by atoms with Crippen molar-refractivity contribution in [3.8, 4) is 0 Å². The molecule has 0 atom stereocenters. The molecular formula is C5H6N2O3. The minimum absolute atomic E-state index is 0.0439. The van der Waals surface area contributed by atoms with Crippen LogP contribution in [0.15, 0.2) is 4.99 Å². The first kappa shape index (κ1) is 6.73. The molecule has 5 heteroatoms. The zero-order valence-electron chi connectivity index (χ0n) is 5.38. The number of hydrogen-bond donors (Lipinski definition) is 1. The normalized spacial score (nSPS) is 17.9. The number of carbonyl (C=O) groups excluding carboxylic acids is 2. The van der Waals surface area contributed by atoms with E-state index < -0.39 is 6.03 Å². The number of rotatable bonds is 0. The first-order valence-corrected chi connectivity index (χ1v) is 2.67. The Bertz CT molecular complexity index is 209. The van der Waals surface area contributed by atoms with Crippen LogP contribution in [0.3, 0.4) is 0 Å². The highest BCUT2D eigenvalue weighted by Crippen LogP contribution is 1.95. The summed E-state index contributed by atoms with van der Waals surface area (Å²) in [5.74, 6) is -0.217. The molecule has 10 heavy (non-hydrogen) atoms. The van der Waals surface area contributed by atoms with Gasteiger partial charge in [0.1, 0.15) is 6.42 Å². The summed E-state index contributed by atoms with van der Waals surface area (Å²) >= 11 is 0. The first-order valence-electron chi connectivity index (χ1n) is 2.67. The van der Waals surface area contributed by atoms with Gasteiger partial charge in [0, 0.05) is 0 Å². The Balaban J connectivity index is 2.74. The maximum Gasteiger partial charge on any atom is 0.350 e. The maximum atomic E-state index is 10.6. The van der Waals surface area contributed by atoms with Gasteiger partial charge in [0.25, 0.3) is 0 Å². The van der Waals surface area contributed by atoms with Crippen LogP contribution in [0.1, 0.15) is 6.42 Å². The number of ether oxygens (including phenoxy) is 1. The van der Waals surface area contributed by atoms with Gasteiger partial charge in [0.05, 0.1) is 7.11 Å². The third-order valence-corrected chi connectivity index (χ3v) is 1.02. The molecule has 0 spiro atoms. The molecule has 0 aromatic heterocycles. The minimum atomic E-state index is -0.659. The molecule has 0 saturated heterocycles. The van der Waals surface area contributed by atoms with E-state index >= 15 is 0 Å². The van der Waals surface area contributed by atoms with Crippen LogP contribution in [-0.2, 0) is 9.53 Å². The van der Waals surface area contributed by atoms with Gasteiger partial charge < -0.3 is 4.74 Å². The summed E-state index contributed by atoms with van der Waals surface area (Å²) in [6, 6.07) is -0.659. The van der Waals surface area contributed by atoms with E-state index in [4.69, 9.17) is 0 Å². The molecule has 5 nitrogen and oxygen atoms in total. The smallest absolute Gasteiger partial charge is 0.350 e. The first-order chi connectivity index (χ1) is 4.72. The molecule has 1 heterocycles. The van der Waals surface area contributed by atoms with Crippen molar-refractivity contribution in [1.82, 2.24) is 5.32 Å². The van der Waals surface area contributed by atoms with E-state index in [1.165, 1.54) is 7.11 Å². The third kappa shape index (κ3) is 1.31. The average Bonchev–Trinajstić information content (AvgIpc) is 1.85. The Morgan fingerprint density at radius 3 is 2.80 bits per heavy atom. The second-order valence-electron chi connectivity index (χ2n) is 1.74. The lowest BCUT2D eigenvalue weighted by Gasteiger charge is -2.08. The molecule has 0 unspecified atom stereocenters. The van der Waals surface area contributed by atoms with Crippen molar-refractivity contribution < 1.29 is 14.3 Å². The number of nitrogens with zero attached hydrogens (tertiary/aromatic N) is 1. The molecule has 54 valence electrons. The lowest BCUT2D eigenvalue weighted by Crippen LogP contribution is -2.35. The van der Waals surface area contributed by atoms with E-state index in [9.17, 15) is 9.59 Å². The number of amides is 3.